The number of nitrogens with zero attached hydrogens (tertiary/aromatic N) is 3. The van der Waals surface area contributed by atoms with Gasteiger partial charge in [0.15, 0.2) is 0 Å². The van der Waals surface area contributed by atoms with E-state index in [0.717, 1.165) is 28.0 Å². The molecule has 138 valence electrons. The molecule has 9 heteroatoms. The number of fused-ring (bicyclic) bond motifs is 1. The molecule has 2 aliphatic rings. The average molecular weight is 400 g/mol. The van der Waals surface area contributed by atoms with Crippen LogP contribution in [0.4, 0.5) is 0 Å². The van der Waals surface area contributed by atoms with Crippen molar-refractivity contribution in [1.82, 2.24) is 14.6 Å². The summed E-state index contributed by atoms with van der Waals surface area (Å²) in [6, 6.07) is 4.19. The van der Waals surface area contributed by atoms with Gasteiger partial charge in [-0.05, 0) is 24.3 Å². The van der Waals surface area contributed by atoms with E-state index < -0.39 is 5.92 Å². The molecule has 1 aliphatic carbocycles. The molecule has 0 spiro atoms. The maximum atomic E-state index is 12.9. The Morgan fingerprint density at radius 2 is 2.11 bits per heavy atom. The second-order valence-electron chi connectivity index (χ2n) is 6.88. The molecule has 1 aliphatic heterocycles. The van der Waals surface area contributed by atoms with E-state index in [4.69, 9.17) is 0 Å². The molecule has 5 rings (SSSR count). The SMILES string of the molecule is O=C(Nn1cnc2scc(-c3cccs3)c2c1=O)[C@@H]1CC(=O)N(C2CC2)C1. The van der Waals surface area contributed by atoms with Gasteiger partial charge in [0, 0.05) is 34.8 Å². The molecule has 2 amide bonds. The molecule has 4 heterocycles. The molecule has 27 heavy (non-hydrogen) atoms. The van der Waals surface area contributed by atoms with E-state index >= 15 is 0 Å². The van der Waals surface area contributed by atoms with E-state index in [2.05, 4.69) is 10.4 Å². The zero-order valence-electron chi connectivity index (χ0n) is 14.3. The number of carbonyl (C=O) groups is 2. The molecule has 1 atom stereocenters. The molecule has 0 aromatic carbocycles. The lowest BCUT2D eigenvalue weighted by atomic mass is 10.1. The van der Waals surface area contributed by atoms with Crippen LogP contribution in [0.15, 0.2) is 34.0 Å². The summed E-state index contributed by atoms with van der Waals surface area (Å²) in [5, 5.41) is 4.38. The maximum Gasteiger partial charge on any atom is 0.281 e. The molecule has 0 unspecified atom stereocenters. The van der Waals surface area contributed by atoms with Crippen molar-refractivity contribution in [2.45, 2.75) is 25.3 Å². The lowest BCUT2D eigenvalue weighted by Gasteiger charge is -2.15. The Morgan fingerprint density at radius 1 is 1.26 bits per heavy atom. The predicted octanol–water partition coefficient (Wildman–Crippen LogP) is 2.27. The summed E-state index contributed by atoms with van der Waals surface area (Å²) in [4.78, 5) is 45.4. The van der Waals surface area contributed by atoms with Crippen molar-refractivity contribution in [2.24, 2.45) is 5.92 Å². The van der Waals surface area contributed by atoms with Crippen LogP contribution in [0.2, 0.25) is 0 Å². The van der Waals surface area contributed by atoms with Crippen molar-refractivity contribution >= 4 is 44.7 Å². The highest BCUT2D eigenvalue weighted by molar-refractivity contribution is 7.18. The largest absolute Gasteiger partial charge is 0.339 e. The molecule has 0 bridgehead atoms. The predicted molar refractivity (Wildman–Crippen MR) is 104 cm³/mol. The summed E-state index contributed by atoms with van der Waals surface area (Å²) in [6.45, 7) is 0.429. The van der Waals surface area contributed by atoms with Crippen LogP contribution in [-0.4, -0.2) is 39.0 Å². The van der Waals surface area contributed by atoms with Crippen molar-refractivity contribution in [2.75, 3.05) is 12.0 Å². The van der Waals surface area contributed by atoms with Gasteiger partial charge in [0.25, 0.3) is 5.56 Å². The van der Waals surface area contributed by atoms with E-state index in [-0.39, 0.29) is 23.8 Å². The molecule has 7 nitrogen and oxygen atoms in total. The number of nitrogens with one attached hydrogen (secondary N) is 1. The van der Waals surface area contributed by atoms with Gasteiger partial charge in [-0.1, -0.05) is 6.07 Å². The first-order chi connectivity index (χ1) is 13.1. The fourth-order valence-electron chi connectivity index (χ4n) is 3.48. The van der Waals surface area contributed by atoms with E-state index in [1.807, 2.05) is 22.9 Å². The third-order valence-electron chi connectivity index (χ3n) is 5.03. The standard InChI is InChI=1S/C18H16N4O3S2/c23-14-6-10(7-21(14)11-3-4-11)16(24)20-22-9-19-17-15(18(22)25)12(8-27-17)13-2-1-5-26-13/h1-2,5,8-11H,3-4,6-7H2,(H,20,24)/t10-/m1/s1. The monoisotopic (exact) mass is 400 g/mol. The van der Waals surface area contributed by atoms with Crippen LogP contribution in [0.3, 0.4) is 0 Å². The van der Waals surface area contributed by atoms with Crippen LogP contribution in [0.25, 0.3) is 20.7 Å². The summed E-state index contributed by atoms with van der Waals surface area (Å²) < 4.78 is 1.14. The molecular formula is C18H16N4O3S2. The number of thiophene rings is 2. The minimum Gasteiger partial charge on any atom is -0.339 e. The summed E-state index contributed by atoms with van der Waals surface area (Å²) in [7, 11) is 0. The Morgan fingerprint density at radius 3 is 2.85 bits per heavy atom. The molecule has 3 aromatic rings. The Kier molecular flexibility index (Phi) is 3.87. The first kappa shape index (κ1) is 16.6. The number of hydrogen-bond donors (Lipinski definition) is 1. The fraction of sp³-hybridized carbons (Fsp3) is 0.333. The van der Waals surface area contributed by atoms with Crippen LogP contribution in [0, 0.1) is 5.92 Å². The van der Waals surface area contributed by atoms with Crippen molar-refractivity contribution in [3.8, 4) is 10.4 Å². The molecule has 1 N–H and O–H groups in total. The first-order valence-electron chi connectivity index (χ1n) is 8.75. The van der Waals surface area contributed by atoms with Crippen LogP contribution >= 0.6 is 22.7 Å². The van der Waals surface area contributed by atoms with Gasteiger partial charge in [-0.2, -0.15) is 0 Å². The smallest absolute Gasteiger partial charge is 0.281 e. The summed E-state index contributed by atoms with van der Waals surface area (Å²) in [5.74, 6) is -0.723. The minimum atomic E-state index is -0.431. The van der Waals surface area contributed by atoms with E-state index in [1.54, 1.807) is 16.2 Å². The second kappa shape index (κ2) is 6.28. The Bertz CT molecular complexity index is 1100. The van der Waals surface area contributed by atoms with Gasteiger partial charge in [0.05, 0.1) is 11.3 Å². The number of aromatic nitrogens is 2. The Hall–Kier alpha value is -2.52. The normalized spacial score (nSPS) is 19.8. The quantitative estimate of drug-likeness (QED) is 0.728. The van der Waals surface area contributed by atoms with Crippen molar-refractivity contribution in [1.29, 1.82) is 0 Å². The Balaban J connectivity index is 1.43. The highest BCUT2D eigenvalue weighted by Crippen LogP contribution is 2.34. The fourth-order valence-corrected chi connectivity index (χ4v) is 5.20. The van der Waals surface area contributed by atoms with Crippen LogP contribution in [-0.2, 0) is 9.59 Å². The van der Waals surface area contributed by atoms with E-state index in [0.29, 0.717) is 22.8 Å². The third kappa shape index (κ3) is 2.87. The van der Waals surface area contributed by atoms with E-state index in [9.17, 15) is 14.4 Å². The van der Waals surface area contributed by atoms with Crippen LogP contribution < -0.4 is 11.0 Å². The van der Waals surface area contributed by atoms with Gasteiger partial charge in [-0.25, -0.2) is 9.66 Å². The van der Waals surface area contributed by atoms with Gasteiger partial charge in [0.1, 0.15) is 11.2 Å². The summed E-state index contributed by atoms with van der Waals surface area (Å²) >= 11 is 2.96. The van der Waals surface area contributed by atoms with Gasteiger partial charge >= 0.3 is 0 Å². The van der Waals surface area contributed by atoms with Crippen molar-refractivity contribution in [3.63, 3.8) is 0 Å². The van der Waals surface area contributed by atoms with Gasteiger partial charge in [-0.15, -0.1) is 22.7 Å². The van der Waals surface area contributed by atoms with Gasteiger partial charge in [-0.3, -0.25) is 19.8 Å². The average Bonchev–Trinajstić information content (AvgIpc) is 3.07. The molecular weight excluding hydrogens is 384 g/mol. The third-order valence-corrected chi connectivity index (χ3v) is 6.82. The van der Waals surface area contributed by atoms with Crippen molar-refractivity contribution < 1.29 is 9.59 Å². The van der Waals surface area contributed by atoms with Crippen LogP contribution in [0.1, 0.15) is 19.3 Å². The Labute approximate surface area is 162 Å². The van der Waals surface area contributed by atoms with Crippen LogP contribution in [0.5, 0.6) is 0 Å². The zero-order chi connectivity index (χ0) is 18.5. The summed E-state index contributed by atoms with van der Waals surface area (Å²) in [5.41, 5.74) is 3.17. The maximum absolute atomic E-state index is 12.9. The number of hydrogen-bond acceptors (Lipinski definition) is 6. The zero-order valence-corrected chi connectivity index (χ0v) is 15.9. The highest BCUT2D eigenvalue weighted by Gasteiger charge is 2.41. The molecule has 0 radical (unpaired) electrons. The first-order valence-corrected chi connectivity index (χ1v) is 10.5. The lowest BCUT2D eigenvalue weighted by Crippen LogP contribution is -2.37. The molecule has 2 fully saturated rings. The number of rotatable bonds is 4. The summed E-state index contributed by atoms with van der Waals surface area (Å²) in [6.07, 6.45) is 3.58. The number of amides is 2. The topological polar surface area (TPSA) is 84.3 Å². The minimum absolute atomic E-state index is 0.0244. The highest BCUT2D eigenvalue weighted by atomic mass is 32.1. The lowest BCUT2D eigenvalue weighted by molar-refractivity contribution is -0.128. The molecule has 1 saturated carbocycles. The molecule has 3 aromatic heterocycles. The number of carbonyl (C=O) groups excluding carboxylic acids is 2. The molecule has 1 saturated heterocycles. The van der Waals surface area contributed by atoms with Gasteiger partial charge in [0.2, 0.25) is 11.8 Å². The van der Waals surface area contributed by atoms with Crippen molar-refractivity contribution in [3.05, 3.63) is 39.6 Å². The van der Waals surface area contributed by atoms with Gasteiger partial charge < -0.3 is 4.90 Å². The van der Waals surface area contributed by atoms with E-state index in [1.165, 1.54) is 17.7 Å². The number of likely N-dealkylation sites (tertiary alicyclic amines) is 1. The second-order valence-corrected chi connectivity index (χ2v) is 8.69.